The summed E-state index contributed by atoms with van der Waals surface area (Å²) >= 11 is 6.23. The van der Waals surface area contributed by atoms with E-state index in [2.05, 4.69) is 67.9 Å². The lowest BCUT2D eigenvalue weighted by molar-refractivity contribution is -0.142. The molecule has 0 radical (unpaired) electrons. The van der Waals surface area contributed by atoms with Crippen molar-refractivity contribution in [2.75, 3.05) is 26.2 Å². The summed E-state index contributed by atoms with van der Waals surface area (Å²) < 4.78 is 0. The van der Waals surface area contributed by atoms with Crippen molar-refractivity contribution in [2.45, 2.75) is 165 Å². The summed E-state index contributed by atoms with van der Waals surface area (Å²) in [5.74, 6) is -9.62. The van der Waals surface area contributed by atoms with Gasteiger partial charge in [-0.15, -0.1) is 0 Å². The molecule has 1 saturated heterocycles. The molecule has 31 nitrogen and oxygen atoms in total. The van der Waals surface area contributed by atoms with Crippen LogP contribution in [0.25, 0.3) is 21.2 Å². The maximum atomic E-state index is 14.9. The number of aliphatic imine (C=N–C) groups is 1. The number of phenols is 1. The number of unbranched alkanes of at least 4 members (excludes halogenated alkanes) is 1. The summed E-state index contributed by atoms with van der Waals surface area (Å²) in [6.45, 7) is 5.32. The van der Waals surface area contributed by atoms with Crippen LogP contribution < -0.4 is 65.1 Å². The monoisotopic (exact) mass is 1430 g/mol. The Bertz CT molecular complexity index is 3800. The van der Waals surface area contributed by atoms with E-state index in [-0.39, 0.29) is 108 Å². The number of likely N-dealkylation sites (tertiary alicyclic amines) is 1. The molecule has 5 aromatic rings. The zero-order valence-electron chi connectivity index (χ0n) is 57.3. The highest BCUT2D eigenvalue weighted by atomic mass is 35.5. The quantitative estimate of drug-likeness (QED) is 0.00659. The third-order valence-electron chi connectivity index (χ3n) is 16.8. The molecule has 10 atom stereocenters. The molecule has 0 bridgehead atoms. The molecule has 0 spiro atoms. The minimum absolute atomic E-state index is 0.00140. The van der Waals surface area contributed by atoms with E-state index in [1.54, 1.807) is 50.2 Å². The summed E-state index contributed by atoms with van der Waals surface area (Å²) in [5, 5.41) is 50.9. The minimum Gasteiger partial charge on any atom is -0.508 e. The van der Waals surface area contributed by atoms with Crippen LogP contribution in [0.4, 0.5) is 0 Å². The second-order valence-electron chi connectivity index (χ2n) is 25.4. The van der Waals surface area contributed by atoms with Gasteiger partial charge in [-0.1, -0.05) is 110 Å². The van der Waals surface area contributed by atoms with Crippen LogP contribution in [-0.2, 0) is 78.4 Å². The highest BCUT2D eigenvalue weighted by Gasteiger charge is 2.40. The number of fused-ring (bicyclic) bond motifs is 1. The van der Waals surface area contributed by atoms with Crippen molar-refractivity contribution in [1.82, 2.24) is 57.7 Å². The normalized spacial score (nSPS) is 15.2. The number of nitrogens with two attached hydrogens (primary N) is 3. The maximum absolute atomic E-state index is 14.9. The first-order valence-corrected chi connectivity index (χ1v) is 34.0. The fourth-order valence-corrected chi connectivity index (χ4v) is 11.6. The van der Waals surface area contributed by atoms with Gasteiger partial charge in [0.25, 0.3) is 0 Å². The number of aliphatic hydroxyl groups is 1. The largest absolute Gasteiger partial charge is 0.508 e. The van der Waals surface area contributed by atoms with Crippen LogP contribution in [0.3, 0.4) is 0 Å². The average Bonchev–Trinajstić information content (AvgIpc) is 1.53. The first-order valence-electron chi connectivity index (χ1n) is 33.6. The summed E-state index contributed by atoms with van der Waals surface area (Å²) in [6.07, 6.45) is 3.31. The van der Waals surface area contributed by atoms with Crippen LogP contribution in [0.15, 0.2) is 126 Å². The number of aromatic hydroxyl groups is 1. The van der Waals surface area contributed by atoms with Crippen molar-refractivity contribution in [2.24, 2.45) is 33.2 Å². The van der Waals surface area contributed by atoms with Gasteiger partial charge in [-0.25, -0.2) is 0 Å². The predicted molar refractivity (Wildman–Crippen MR) is 380 cm³/mol. The summed E-state index contributed by atoms with van der Waals surface area (Å²) in [5.41, 5.74) is 27.6. The molecule has 6 rings (SSSR count). The minimum atomic E-state index is -1.84. The number of pyridine rings is 1. The number of carbonyl (C=O) groups is 11. The van der Waals surface area contributed by atoms with E-state index in [0.717, 1.165) is 10.8 Å². The lowest BCUT2D eigenvalue weighted by atomic mass is 9.99. The van der Waals surface area contributed by atoms with Crippen LogP contribution in [-0.4, -0.2) is 178 Å². The lowest BCUT2D eigenvalue weighted by Crippen LogP contribution is -2.61. The van der Waals surface area contributed by atoms with Gasteiger partial charge in [-0.3, -0.25) is 62.7 Å². The number of aromatic nitrogens is 1. The number of carbonyl (C=O) groups excluding carboxylic acids is 11. The molecule has 1 aliphatic heterocycles. The number of nitrogens with zero attached hydrogens (tertiary/aromatic N) is 6. The molecule has 0 saturated carbocycles. The molecule has 1 fully saturated rings. The number of phenolic OH excluding ortho intramolecular Hbond substituents is 1. The third kappa shape index (κ3) is 26.0. The Labute approximate surface area is 595 Å². The molecule has 1 aromatic heterocycles. The van der Waals surface area contributed by atoms with Crippen LogP contribution in [0.2, 0.25) is 5.02 Å². The average molecular weight is 1430 g/mol. The Hall–Kier alpha value is -10.9. The van der Waals surface area contributed by atoms with Gasteiger partial charge in [-0.05, 0) is 127 Å². The zero-order chi connectivity index (χ0) is 74.4. The van der Waals surface area contributed by atoms with E-state index in [0.29, 0.717) is 33.7 Å². The Morgan fingerprint density at radius 3 is 1.67 bits per heavy atom. The fraction of sp³-hybridized carbons (Fsp3) is 0.443. The number of benzene rings is 4. The summed E-state index contributed by atoms with van der Waals surface area (Å²) in [4.78, 5) is 167. The summed E-state index contributed by atoms with van der Waals surface area (Å²) in [7, 11) is 0. The molecular weight excluding hydrogens is 1340 g/mol. The van der Waals surface area contributed by atoms with E-state index in [1.807, 2.05) is 42.5 Å². The van der Waals surface area contributed by atoms with Gasteiger partial charge >= 0.3 is 0 Å². The van der Waals surface area contributed by atoms with Crippen LogP contribution in [0, 0.1) is 5.92 Å². The van der Waals surface area contributed by atoms with E-state index in [9.17, 15) is 63.0 Å². The number of primary amides is 1. The maximum Gasteiger partial charge on any atom is 0.245 e. The number of guanidine groups is 1. The van der Waals surface area contributed by atoms with Crippen molar-refractivity contribution < 1.29 is 63.0 Å². The second-order valence-corrected chi connectivity index (χ2v) is 25.8. The number of amides is 11. The number of aliphatic hydroxyl groups excluding tert-OH is 1. The molecular formula is C70H91ClN18O13. The predicted octanol–water partition coefficient (Wildman–Crippen LogP) is 1.32. The number of rotatable bonds is 39. The molecule has 32 heteroatoms. The van der Waals surface area contributed by atoms with Crippen molar-refractivity contribution in [3.05, 3.63) is 153 Å². The van der Waals surface area contributed by atoms with Crippen molar-refractivity contribution >= 4 is 93.3 Å². The van der Waals surface area contributed by atoms with Crippen LogP contribution in [0.1, 0.15) is 101 Å². The Kier molecular flexibility index (Phi) is 31.7. The number of hydrogen-bond donors (Lipinski definition) is 14. The Morgan fingerprint density at radius 1 is 0.588 bits per heavy atom. The molecule has 2 heterocycles. The van der Waals surface area contributed by atoms with Crippen molar-refractivity contribution in [3.63, 3.8) is 0 Å². The van der Waals surface area contributed by atoms with Crippen LogP contribution >= 0.6 is 11.6 Å². The first kappa shape index (κ1) is 80.1. The number of azide groups is 1. The van der Waals surface area contributed by atoms with Gasteiger partial charge in [-0.2, -0.15) is 0 Å². The lowest BCUT2D eigenvalue weighted by Gasteiger charge is -2.31. The molecule has 0 aliphatic carbocycles. The van der Waals surface area contributed by atoms with E-state index in [1.165, 1.54) is 55.4 Å². The third-order valence-corrected chi connectivity index (χ3v) is 17.0. The molecule has 102 heavy (non-hydrogen) atoms. The zero-order valence-corrected chi connectivity index (χ0v) is 58.1. The summed E-state index contributed by atoms with van der Waals surface area (Å²) in [6, 6.07) is 14.6. The Morgan fingerprint density at radius 2 is 1.10 bits per heavy atom. The van der Waals surface area contributed by atoms with Gasteiger partial charge in [0.2, 0.25) is 65.0 Å². The van der Waals surface area contributed by atoms with E-state index in [4.69, 9.17) is 34.3 Å². The second kappa shape index (κ2) is 40.4. The smallest absolute Gasteiger partial charge is 0.245 e. The van der Waals surface area contributed by atoms with Crippen molar-refractivity contribution in [3.8, 4) is 5.75 Å². The number of hydrogen-bond acceptors (Lipinski definition) is 16. The van der Waals surface area contributed by atoms with Crippen molar-refractivity contribution in [1.29, 1.82) is 0 Å². The fourth-order valence-electron chi connectivity index (χ4n) is 11.5. The number of nitrogens with one attached hydrogen (secondary N) is 9. The van der Waals surface area contributed by atoms with E-state index < -0.39 is 132 Å². The molecule has 11 amide bonds. The number of halogens is 1. The molecule has 0 unspecified atom stereocenters. The molecule has 546 valence electrons. The Balaban J connectivity index is 1.26. The van der Waals surface area contributed by atoms with Gasteiger partial charge < -0.3 is 80.2 Å². The van der Waals surface area contributed by atoms with E-state index >= 15 is 0 Å². The highest BCUT2D eigenvalue weighted by Crippen LogP contribution is 2.22. The SMILES string of the molecule is CC(=O)N[C@H](Cc1ccc2ccccc2c1)C(=O)N[C@H](Cc1ccc(Cl)cc1)C(=O)N[C@H](Cc1cccnc1)C(=O)N[C@@H](CO)C(=O)N[C@@H](Cc1ccc(O)cc1)C(=O)N[C@H](CCCCN=[N+]=[N-])C(=O)N[C@@H](CC(C)C)C(=O)N[C@@H](CCCN=C(N)N)C(=O)N1CCC[C@H]1C(=O)N[C@H](C)C(N)=O. The molecule has 4 aromatic carbocycles. The van der Waals surface area contributed by atoms with Crippen LogP contribution in [0.5, 0.6) is 5.75 Å². The van der Waals surface area contributed by atoms with Gasteiger partial charge in [0.1, 0.15) is 66.2 Å². The molecule has 17 N–H and O–H groups in total. The standard InChI is InChI=1S/C70H91ClN18O13/c1-40(2)32-53(62(95)82-52(16-10-29-77-70(73)74)69(102)89-31-11-17-59(89)68(101)79-41(3)60(72)93)83-61(94)51(15-7-8-30-78-88-75)81-64(97)55(35-44-21-26-50(92)27-22-44)86-67(100)58(39-90)87-66(99)57(37-46-12-9-28-76-38-46)85-65(98)56(34-43-19-24-49(71)25-20-43)84-63(96)54(80-42(4)91)36-45-18-23-47-13-5-6-14-48(47)33-45/h5-6,9,12-14,18-28,33,38,40-41,51-59,90,92H,7-8,10-11,15-17,29-32,34-37,39H2,1-4H3,(H2,72,93)(H,79,101)(H,80,91)(H,81,97)(H,82,95)(H,83,94)(H,84,96)(H,85,98)(H,86,100)(H,87,99)(H4,73,74,77)/t41-,51-,52+,53+,54-,55+,56-,57-,58+,59+/m1/s1. The van der Waals surface area contributed by atoms with Gasteiger partial charge in [0.15, 0.2) is 5.96 Å². The topological polar surface area (TPSA) is 492 Å². The highest BCUT2D eigenvalue weighted by molar-refractivity contribution is 6.30. The molecule has 1 aliphatic rings. The van der Waals surface area contributed by atoms with Gasteiger partial charge in [0.05, 0.1) is 6.61 Å². The van der Waals surface area contributed by atoms with Gasteiger partial charge in [0, 0.05) is 74.6 Å². The first-order chi connectivity index (χ1) is 48.7.